The SMILES string of the molecule is c1ccc(-c2ccc(-c3nc4ccccc4n3-c3ccccc3)cc2)cc1. The third kappa shape index (κ3) is 2.81. The molecule has 5 aromatic rings. The fraction of sp³-hybridized carbons (Fsp3) is 0. The molecule has 0 amide bonds. The zero-order chi connectivity index (χ0) is 18.1. The van der Waals surface area contributed by atoms with Crippen LogP contribution in [0.3, 0.4) is 0 Å². The summed E-state index contributed by atoms with van der Waals surface area (Å²) in [6, 6.07) is 37.8. The first-order valence-corrected chi connectivity index (χ1v) is 9.09. The summed E-state index contributed by atoms with van der Waals surface area (Å²) in [5, 5.41) is 0. The summed E-state index contributed by atoms with van der Waals surface area (Å²) in [7, 11) is 0. The molecule has 1 heterocycles. The lowest BCUT2D eigenvalue weighted by molar-refractivity contribution is 1.10. The van der Waals surface area contributed by atoms with Gasteiger partial charge in [-0.2, -0.15) is 0 Å². The van der Waals surface area contributed by atoms with Crippen molar-refractivity contribution in [1.82, 2.24) is 9.55 Å². The highest BCUT2D eigenvalue weighted by molar-refractivity contribution is 5.83. The third-order valence-electron chi connectivity index (χ3n) is 4.83. The minimum atomic E-state index is 0.960. The maximum Gasteiger partial charge on any atom is 0.145 e. The van der Waals surface area contributed by atoms with Gasteiger partial charge in [-0.1, -0.05) is 84.9 Å². The van der Waals surface area contributed by atoms with Crippen LogP contribution in [0.1, 0.15) is 0 Å². The summed E-state index contributed by atoms with van der Waals surface area (Å²) in [4.78, 5) is 4.92. The molecule has 0 unspecified atom stereocenters. The van der Waals surface area contributed by atoms with E-state index in [0.29, 0.717) is 0 Å². The van der Waals surface area contributed by atoms with Crippen LogP contribution in [0, 0.1) is 0 Å². The van der Waals surface area contributed by atoms with Crippen molar-refractivity contribution in [3.8, 4) is 28.2 Å². The molecule has 0 aliphatic rings. The van der Waals surface area contributed by atoms with E-state index in [0.717, 1.165) is 28.1 Å². The average Bonchev–Trinajstić information content (AvgIpc) is 3.15. The predicted molar refractivity (Wildman–Crippen MR) is 112 cm³/mol. The molecule has 0 spiro atoms. The maximum absolute atomic E-state index is 4.92. The van der Waals surface area contributed by atoms with E-state index in [9.17, 15) is 0 Å². The molecule has 128 valence electrons. The average molecular weight is 346 g/mol. The number of hydrogen-bond acceptors (Lipinski definition) is 1. The summed E-state index contributed by atoms with van der Waals surface area (Å²) in [6.45, 7) is 0. The molecule has 0 radical (unpaired) electrons. The zero-order valence-electron chi connectivity index (χ0n) is 14.8. The van der Waals surface area contributed by atoms with Crippen molar-refractivity contribution >= 4 is 11.0 Å². The zero-order valence-corrected chi connectivity index (χ0v) is 14.8. The van der Waals surface area contributed by atoms with Crippen LogP contribution in [0.25, 0.3) is 39.2 Å². The molecule has 0 aliphatic heterocycles. The van der Waals surface area contributed by atoms with Crippen LogP contribution in [0.15, 0.2) is 109 Å². The van der Waals surface area contributed by atoms with E-state index in [1.165, 1.54) is 11.1 Å². The minimum absolute atomic E-state index is 0.960. The third-order valence-corrected chi connectivity index (χ3v) is 4.83. The highest BCUT2D eigenvalue weighted by atomic mass is 15.1. The molecule has 4 aromatic carbocycles. The molecule has 27 heavy (non-hydrogen) atoms. The Morgan fingerprint density at radius 2 is 1.04 bits per heavy atom. The Bertz CT molecular complexity index is 1190. The summed E-state index contributed by atoms with van der Waals surface area (Å²) < 4.78 is 2.23. The first-order valence-electron chi connectivity index (χ1n) is 9.09. The molecule has 2 nitrogen and oxygen atoms in total. The molecule has 2 heteroatoms. The summed E-state index contributed by atoms with van der Waals surface area (Å²) in [5.41, 5.74) is 6.78. The van der Waals surface area contributed by atoms with Gasteiger partial charge in [0, 0.05) is 11.3 Å². The molecular weight excluding hydrogens is 328 g/mol. The number of benzene rings is 4. The minimum Gasteiger partial charge on any atom is -0.292 e. The molecule has 0 atom stereocenters. The Morgan fingerprint density at radius 3 is 1.78 bits per heavy atom. The number of rotatable bonds is 3. The van der Waals surface area contributed by atoms with Gasteiger partial charge in [-0.05, 0) is 35.4 Å². The molecule has 0 bridgehead atoms. The Morgan fingerprint density at radius 1 is 0.481 bits per heavy atom. The maximum atomic E-state index is 4.92. The van der Waals surface area contributed by atoms with Crippen molar-refractivity contribution in [3.05, 3.63) is 109 Å². The lowest BCUT2D eigenvalue weighted by Gasteiger charge is -2.10. The molecule has 0 N–H and O–H groups in total. The summed E-state index contributed by atoms with van der Waals surface area (Å²) in [6.07, 6.45) is 0. The molecule has 0 saturated heterocycles. The molecular formula is C25H18N2. The Balaban J connectivity index is 1.67. The normalized spacial score (nSPS) is 11.0. The number of hydrogen-bond donors (Lipinski definition) is 0. The van der Waals surface area contributed by atoms with E-state index in [1.54, 1.807) is 0 Å². The van der Waals surface area contributed by atoms with E-state index in [2.05, 4.69) is 95.6 Å². The van der Waals surface area contributed by atoms with Crippen LogP contribution in [-0.2, 0) is 0 Å². The van der Waals surface area contributed by atoms with Crippen LogP contribution in [0.5, 0.6) is 0 Å². The predicted octanol–water partition coefficient (Wildman–Crippen LogP) is 6.36. The van der Waals surface area contributed by atoms with Crippen LogP contribution >= 0.6 is 0 Å². The largest absolute Gasteiger partial charge is 0.292 e. The number of aromatic nitrogens is 2. The molecule has 5 rings (SSSR count). The van der Waals surface area contributed by atoms with Crippen LogP contribution in [-0.4, -0.2) is 9.55 Å². The summed E-state index contributed by atoms with van der Waals surface area (Å²) >= 11 is 0. The lowest BCUT2D eigenvalue weighted by atomic mass is 10.0. The van der Waals surface area contributed by atoms with Gasteiger partial charge in [0.05, 0.1) is 11.0 Å². The molecule has 0 fully saturated rings. The van der Waals surface area contributed by atoms with E-state index in [4.69, 9.17) is 4.98 Å². The van der Waals surface area contributed by atoms with Gasteiger partial charge < -0.3 is 0 Å². The van der Waals surface area contributed by atoms with Gasteiger partial charge >= 0.3 is 0 Å². The van der Waals surface area contributed by atoms with E-state index < -0.39 is 0 Å². The monoisotopic (exact) mass is 346 g/mol. The number of nitrogens with zero attached hydrogens (tertiary/aromatic N) is 2. The van der Waals surface area contributed by atoms with Gasteiger partial charge in [0.25, 0.3) is 0 Å². The first kappa shape index (κ1) is 15.6. The standard InChI is InChI=1S/C25H18N2/c1-3-9-19(10-4-1)20-15-17-21(18-16-20)25-26-23-13-7-8-14-24(23)27(25)22-11-5-2-6-12-22/h1-18H. The van der Waals surface area contributed by atoms with Crippen molar-refractivity contribution in [2.75, 3.05) is 0 Å². The van der Waals surface area contributed by atoms with E-state index in [1.807, 2.05) is 18.2 Å². The van der Waals surface area contributed by atoms with Crippen LogP contribution < -0.4 is 0 Å². The lowest BCUT2D eigenvalue weighted by Crippen LogP contribution is -1.97. The Kier molecular flexibility index (Phi) is 3.80. The second-order valence-corrected chi connectivity index (χ2v) is 6.54. The first-order chi connectivity index (χ1) is 13.4. The van der Waals surface area contributed by atoms with Crippen molar-refractivity contribution in [3.63, 3.8) is 0 Å². The molecule has 0 aliphatic carbocycles. The van der Waals surface area contributed by atoms with Crippen molar-refractivity contribution in [2.45, 2.75) is 0 Å². The highest BCUT2D eigenvalue weighted by Crippen LogP contribution is 2.30. The summed E-state index contributed by atoms with van der Waals surface area (Å²) in [5.74, 6) is 0.960. The fourth-order valence-electron chi connectivity index (χ4n) is 3.50. The van der Waals surface area contributed by atoms with Crippen molar-refractivity contribution in [2.24, 2.45) is 0 Å². The highest BCUT2D eigenvalue weighted by Gasteiger charge is 2.13. The van der Waals surface area contributed by atoms with Crippen LogP contribution in [0.2, 0.25) is 0 Å². The fourth-order valence-corrected chi connectivity index (χ4v) is 3.50. The Labute approximate surface area is 158 Å². The van der Waals surface area contributed by atoms with Gasteiger partial charge in [0.1, 0.15) is 5.82 Å². The van der Waals surface area contributed by atoms with E-state index >= 15 is 0 Å². The van der Waals surface area contributed by atoms with Crippen LogP contribution in [0.4, 0.5) is 0 Å². The van der Waals surface area contributed by atoms with Gasteiger partial charge in [-0.25, -0.2) is 4.98 Å². The smallest absolute Gasteiger partial charge is 0.145 e. The quantitative estimate of drug-likeness (QED) is 0.372. The topological polar surface area (TPSA) is 17.8 Å². The van der Waals surface area contributed by atoms with Crippen molar-refractivity contribution < 1.29 is 0 Å². The van der Waals surface area contributed by atoms with Gasteiger partial charge in [0.2, 0.25) is 0 Å². The second kappa shape index (κ2) is 6.58. The van der Waals surface area contributed by atoms with Gasteiger partial charge in [-0.15, -0.1) is 0 Å². The van der Waals surface area contributed by atoms with E-state index in [-0.39, 0.29) is 0 Å². The Hall–Kier alpha value is -3.65. The number of fused-ring (bicyclic) bond motifs is 1. The second-order valence-electron chi connectivity index (χ2n) is 6.54. The van der Waals surface area contributed by atoms with Gasteiger partial charge in [0.15, 0.2) is 0 Å². The number of imidazole rings is 1. The molecule has 0 saturated carbocycles. The van der Waals surface area contributed by atoms with Gasteiger partial charge in [-0.3, -0.25) is 4.57 Å². The number of para-hydroxylation sites is 3. The molecule has 1 aromatic heterocycles. The van der Waals surface area contributed by atoms with Crippen molar-refractivity contribution in [1.29, 1.82) is 0 Å².